The van der Waals surface area contributed by atoms with E-state index in [1.165, 1.54) is 24.3 Å². The number of non-ortho nitro benzene ring substituents is 1. The van der Waals surface area contributed by atoms with Crippen molar-refractivity contribution in [1.29, 1.82) is 5.26 Å². The van der Waals surface area contributed by atoms with Gasteiger partial charge < -0.3 is 14.7 Å². The van der Waals surface area contributed by atoms with E-state index in [1.54, 1.807) is 24.9 Å². The number of benzene rings is 1. The molecule has 136 valence electrons. The van der Waals surface area contributed by atoms with Gasteiger partial charge in [-0.3, -0.25) is 14.9 Å². The molecule has 0 unspecified atom stereocenters. The minimum Gasteiger partial charge on any atom is -0.360 e. The fourth-order valence-electron chi connectivity index (χ4n) is 2.51. The molecule has 0 saturated heterocycles. The molecular formula is C17H14N6O4. The lowest BCUT2D eigenvalue weighted by Gasteiger charge is -2.18. The Kier molecular flexibility index (Phi) is 4.68. The highest BCUT2D eigenvalue weighted by Crippen LogP contribution is 2.26. The highest BCUT2D eigenvalue weighted by atomic mass is 16.6. The number of nitrogens with one attached hydrogen (secondary N) is 1. The number of carbonyl (C=O) groups is 1. The van der Waals surface area contributed by atoms with E-state index < -0.39 is 4.92 Å². The maximum atomic E-state index is 12.1. The molecule has 10 heteroatoms. The number of likely N-dealkylation sites (N-methyl/N-ethyl adjacent to an activating group) is 1. The van der Waals surface area contributed by atoms with Crippen molar-refractivity contribution in [2.75, 3.05) is 23.8 Å². The molecule has 3 aromatic rings. The zero-order chi connectivity index (χ0) is 19.6. The summed E-state index contributed by atoms with van der Waals surface area (Å²) in [5.74, 6) is 0.930. The normalized spacial score (nSPS) is 10.4. The average molecular weight is 366 g/mol. The fraction of sp³-hybridized carbons (Fsp3) is 0.176. The summed E-state index contributed by atoms with van der Waals surface area (Å²) in [6.45, 7) is 1.67. The first-order valence-corrected chi connectivity index (χ1v) is 7.81. The Hall–Kier alpha value is -4.00. The molecular weight excluding hydrogens is 352 g/mol. The first-order chi connectivity index (χ1) is 12.9. The third-order valence-electron chi connectivity index (χ3n) is 3.78. The predicted octanol–water partition coefficient (Wildman–Crippen LogP) is 2.39. The van der Waals surface area contributed by atoms with Gasteiger partial charge in [-0.25, -0.2) is 4.98 Å². The topological polar surface area (TPSA) is 138 Å². The van der Waals surface area contributed by atoms with Crippen LogP contribution in [-0.2, 0) is 4.79 Å². The van der Waals surface area contributed by atoms with Crippen molar-refractivity contribution in [2.24, 2.45) is 0 Å². The van der Waals surface area contributed by atoms with Gasteiger partial charge in [0.25, 0.3) is 5.69 Å². The number of fused-ring (bicyclic) bond motifs is 1. The third-order valence-corrected chi connectivity index (χ3v) is 3.78. The lowest BCUT2D eigenvalue weighted by molar-refractivity contribution is -0.384. The van der Waals surface area contributed by atoms with Gasteiger partial charge in [0.15, 0.2) is 5.82 Å². The Balaban J connectivity index is 1.85. The Morgan fingerprint density at radius 2 is 2.19 bits per heavy atom. The molecule has 0 aliphatic carbocycles. The molecule has 27 heavy (non-hydrogen) atoms. The van der Waals surface area contributed by atoms with Crippen molar-refractivity contribution in [3.05, 3.63) is 51.8 Å². The first kappa shape index (κ1) is 17.8. The third kappa shape index (κ3) is 3.82. The largest absolute Gasteiger partial charge is 0.360 e. The quantitative estimate of drug-likeness (QED) is 0.536. The fourth-order valence-corrected chi connectivity index (χ4v) is 2.51. The number of anilines is 2. The van der Waals surface area contributed by atoms with E-state index in [-0.39, 0.29) is 23.7 Å². The van der Waals surface area contributed by atoms with Crippen molar-refractivity contribution in [2.45, 2.75) is 6.92 Å². The molecule has 1 aromatic carbocycles. The van der Waals surface area contributed by atoms with Gasteiger partial charge in [-0.15, -0.1) is 0 Å². The van der Waals surface area contributed by atoms with Gasteiger partial charge in [0.05, 0.1) is 28.6 Å². The summed E-state index contributed by atoms with van der Waals surface area (Å²) in [6, 6.07) is 9.20. The van der Waals surface area contributed by atoms with Gasteiger partial charge in [-0.1, -0.05) is 5.16 Å². The smallest absolute Gasteiger partial charge is 0.270 e. The standard InChI is InChI=1S/C17H14N6O4/c1-10-5-15(21-27-10)20-17(24)9-22(2)16-6-11(8-18)13-7-12(23(25)26)3-4-14(13)19-16/h3-7H,9H2,1-2H3,(H,20,21,24). The summed E-state index contributed by atoms with van der Waals surface area (Å²) in [4.78, 5) is 28.5. The van der Waals surface area contributed by atoms with Crippen molar-refractivity contribution >= 4 is 34.1 Å². The number of nitro benzene ring substituents is 1. The van der Waals surface area contributed by atoms with Crippen LogP contribution in [0, 0.1) is 28.4 Å². The number of carbonyl (C=O) groups excluding carboxylic acids is 1. The summed E-state index contributed by atoms with van der Waals surface area (Å²) in [7, 11) is 1.65. The minimum atomic E-state index is -0.531. The van der Waals surface area contributed by atoms with Gasteiger partial charge in [-0.05, 0) is 19.1 Å². The van der Waals surface area contributed by atoms with E-state index in [2.05, 4.69) is 15.5 Å². The van der Waals surface area contributed by atoms with E-state index in [0.717, 1.165) is 0 Å². The van der Waals surface area contributed by atoms with Crippen molar-refractivity contribution in [3.63, 3.8) is 0 Å². The molecule has 0 atom stereocenters. The molecule has 0 aliphatic heterocycles. The van der Waals surface area contributed by atoms with Gasteiger partial charge in [0, 0.05) is 30.6 Å². The van der Waals surface area contributed by atoms with E-state index in [1.807, 2.05) is 6.07 Å². The van der Waals surface area contributed by atoms with Crippen molar-refractivity contribution in [1.82, 2.24) is 10.1 Å². The van der Waals surface area contributed by atoms with Crippen molar-refractivity contribution in [3.8, 4) is 6.07 Å². The first-order valence-electron chi connectivity index (χ1n) is 7.81. The maximum Gasteiger partial charge on any atom is 0.270 e. The van der Waals surface area contributed by atoms with Crippen LogP contribution in [0.4, 0.5) is 17.3 Å². The lowest BCUT2D eigenvalue weighted by Crippen LogP contribution is -2.30. The van der Waals surface area contributed by atoms with Crippen LogP contribution in [0.1, 0.15) is 11.3 Å². The highest BCUT2D eigenvalue weighted by Gasteiger charge is 2.15. The second-order valence-electron chi connectivity index (χ2n) is 5.83. The Labute approximate surface area is 153 Å². The number of hydrogen-bond donors (Lipinski definition) is 1. The van der Waals surface area contributed by atoms with Crippen LogP contribution in [0.25, 0.3) is 10.9 Å². The second kappa shape index (κ2) is 7.09. The van der Waals surface area contributed by atoms with Gasteiger partial charge in [0.1, 0.15) is 11.6 Å². The molecule has 0 saturated carbocycles. The second-order valence-corrected chi connectivity index (χ2v) is 5.83. The van der Waals surface area contributed by atoms with Crippen LogP contribution in [0.15, 0.2) is 34.9 Å². The maximum absolute atomic E-state index is 12.1. The van der Waals surface area contributed by atoms with Crippen LogP contribution in [0.3, 0.4) is 0 Å². The molecule has 0 bridgehead atoms. The molecule has 0 fully saturated rings. The van der Waals surface area contributed by atoms with E-state index >= 15 is 0 Å². The number of rotatable bonds is 5. The predicted molar refractivity (Wildman–Crippen MR) is 96.3 cm³/mol. The number of nitrogens with zero attached hydrogens (tertiary/aromatic N) is 5. The minimum absolute atomic E-state index is 0.0394. The monoisotopic (exact) mass is 366 g/mol. The highest BCUT2D eigenvalue weighted by molar-refractivity contribution is 5.94. The number of aryl methyl sites for hydroxylation is 1. The van der Waals surface area contributed by atoms with Crippen LogP contribution >= 0.6 is 0 Å². The molecule has 0 aliphatic rings. The van der Waals surface area contributed by atoms with Crippen molar-refractivity contribution < 1.29 is 14.2 Å². The molecule has 0 radical (unpaired) electrons. The number of nitro groups is 1. The Morgan fingerprint density at radius 3 is 2.81 bits per heavy atom. The zero-order valence-electron chi connectivity index (χ0n) is 14.5. The molecule has 2 heterocycles. The van der Waals surface area contributed by atoms with Gasteiger partial charge >= 0.3 is 0 Å². The number of nitriles is 1. The van der Waals surface area contributed by atoms with Crippen LogP contribution in [0.5, 0.6) is 0 Å². The zero-order valence-corrected chi connectivity index (χ0v) is 14.5. The molecule has 1 amide bonds. The number of amides is 1. The SMILES string of the molecule is Cc1cc(NC(=O)CN(C)c2cc(C#N)c3cc([N+](=O)[O-])ccc3n2)no1. The van der Waals surface area contributed by atoms with Crippen LogP contribution in [0.2, 0.25) is 0 Å². The summed E-state index contributed by atoms with van der Waals surface area (Å²) in [5.41, 5.74) is 0.538. The molecule has 1 N–H and O–H groups in total. The van der Waals surface area contributed by atoms with E-state index in [4.69, 9.17) is 4.52 Å². The van der Waals surface area contributed by atoms with Gasteiger partial charge in [0.2, 0.25) is 5.91 Å². The summed E-state index contributed by atoms with van der Waals surface area (Å²) >= 11 is 0. The van der Waals surface area contributed by atoms with Gasteiger partial charge in [-0.2, -0.15) is 5.26 Å². The molecule has 0 spiro atoms. The van der Waals surface area contributed by atoms with E-state index in [9.17, 15) is 20.2 Å². The lowest BCUT2D eigenvalue weighted by atomic mass is 10.1. The van der Waals surface area contributed by atoms with E-state index in [0.29, 0.717) is 28.3 Å². The molecule has 3 rings (SSSR count). The molecule has 10 nitrogen and oxygen atoms in total. The van der Waals surface area contributed by atoms with Crippen LogP contribution in [-0.4, -0.2) is 34.6 Å². The van der Waals surface area contributed by atoms with Crippen LogP contribution < -0.4 is 10.2 Å². The number of aromatic nitrogens is 2. The molecule has 2 aromatic heterocycles. The number of pyridine rings is 1. The summed E-state index contributed by atoms with van der Waals surface area (Å²) < 4.78 is 4.89. The summed E-state index contributed by atoms with van der Waals surface area (Å²) in [6.07, 6.45) is 0. The number of hydrogen-bond acceptors (Lipinski definition) is 8. The Bertz CT molecular complexity index is 1080. The summed E-state index contributed by atoms with van der Waals surface area (Å²) in [5, 5.41) is 27.0. The average Bonchev–Trinajstić information content (AvgIpc) is 3.04. The Morgan fingerprint density at radius 1 is 1.41 bits per heavy atom.